The van der Waals surface area contributed by atoms with Crippen molar-refractivity contribution in [2.75, 3.05) is 24.2 Å². The third kappa shape index (κ3) is 9.18. The van der Waals surface area contributed by atoms with Crippen LogP contribution in [0.15, 0.2) is 47.4 Å². The van der Waals surface area contributed by atoms with E-state index in [0.29, 0.717) is 6.42 Å². The maximum atomic E-state index is 12.3. The zero-order valence-corrected chi connectivity index (χ0v) is 20.9. The molecule has 0 aliphatic heterocycles. The number of rotatable bonds is 15. The van der Waals surface area contributed by atoms with Gasteiger partial charge in [0.1, 0.15) is 18.3 Å². The summed E-state index contributed by atoms with van der Waals surface area (Å²) in [5.41, 5.74) is -1.33. The topological polar surface area (TPSA) is 251 Å². The maximum Gasteiger partial charge on any atom is 0.407 e. The summed E-state index contributed by atoms with van der Waals surface area (Å²) < 4.78 is 29.4. The Kier molecular flexibility index (Phi) is 10.6. The molecule has 2 aromatic rings. The van der Waals surface area contributed by atoms with E-state index in [1.807, 2.05) is 0 Å². The van der Waals surface area contributed by atoms with E-state index in [4.69, 9.17) is 4.74 Å². The summed E-state index contributed by atoms with van der Waals surface area (Å²) in [6.07, 6.45) is -0.681. The molecule has 0 radical (unpaired) electrons. The summed E-state index contributed by atoms with van der Waals surface area (Å²) in [4.78, 5) is 53.6. The van der Waals surface area contributed by atoms with Crippen molar-refractivity contribution in [3.05, 3.63) is 72.8 Å². The van der Waals surface area contributed by atoms with Gasteiger partial charge in [0.15, 0.2) is 9.84 Å². The SMILES string of the molecule is O=C(N[C@@H](CCCCNc1ccc([N+](=O)[O-])cc1[N+](=O)[O-])C(=O)O)OCCS(=O)(=O)c1cccc([N+](=O)[O-])c1. The zero-order chi connectivity index (χ0) is 29.2. The van der Waals surface area contributed by atoms with E-state index in [-0.39, 0.29) is 30.0 Å². The molecule has 18 heteroatoms. The van der Waals surface area contributed by atoms with E-state index < -0.39 is 72.1 Å². The zero-order valence-electron chi connectivity index (χ0n) is 20.0. The average Bonchev–Trinajstić information content (AvgIpc) is 2.87. The minimum Gasteiger partial charge on any atom is -0.480 e. The van der Waals surface area contributed by atoms with Crippen LogP contribution in [0.4, 0.5) is 27.5 Å². The lowest BCUT2D eigenvalue weighted by atomic mass is 10.1. The molecule has 3 N–H and O–H groups in total. The largest absolute Gasteiger partial charge is 0.480 e. The van der Waals surface area contributed by atoms with E-state index in [2.05, 4.69) is 10.6 Å². The number of carbonyl (C=O) groups is 2. The average molecular weight is 570 g/mol. The van der Waals surface area contributed by atoms with Gasteiger partial charge >= 0.3 is 12.1 Å². The number of nitrogens with one attached hydrogen (secondary N) is 2. The molecule has 0 aromatic heterocycles. The quantitative estimate of drug-likeness (QED) is 0.159. The Morgan fingerprint density at radius 1 is 0.949 bits per heavy atom. The van der Waals surface area contributed by atoms with Crippen molar-refractivity contribution < 1.29 is 42.6 Å². The molecule has 0 saturated heterocycles. The number of nitrogens with zero attached hydrogens (tertiary/aromatic N) is 3. The number of anilines is 1. The summed E-state index contributed by atoms with van der Waals surface area (Å²) in [7, 11) is -4.02. The number of amides is 1. The lowest BCUT2D eigenvalue weighted by Gasteiger charge is -2.15. The molecule has 0 aliphatic carbocycles. The van der Waals surface area contributed by atoms with E-state index in [9.17, 15) is 53.5 Å². The van der Waals surface area contributed by atoms with Gasteiger partial charge in [0.2, 0.25) is 0 Å². The van der Waals surface area contributed by atoms with E-state index >= 15 is 0 Å². The van der Waals surface area contributed by atoms with Crippen LogP contribution >= 0.6 is 0 Å². The number of ether oxygens (including phenoxy) is 1. The second-order valence-electron chi connectivity index (χ2n) is 7.88. The highest BCUT2D eigenvalue weighted by Crippen LogP contribution is 2.29. The molecule has 0 saturated carbocycles. The van der Waals surface area contributed by atoms with Crippen LogP contribution in [0.3, 0.4) is 0 Å². The fraction of sp³-hybridized carbons (Fsp3) is 0.333. The molecule has 0 fully saturated rings. The third-order valence-corrected chi connectivity index (χ3v) is 6.86. The molecule has 0 aliphatic rings. The number of unbranched alkanes of at least 4 members (excludes halogenated alkanes) is 1. The first-order valence-electron chi connectivity index (χ1n) is 11.1. The molecule has 1 amide bonds. The number of sulfone groups is 1. The number of aliphatic carboxylic acids is 1. The summed E-state index contributed by atoms with van der Waals surface area (Å²) in [5.74, 6) is -2.07. The minimum atomic E-state index is -4.02. The van der Waals surface area contributed by atoms with Gasteiger partial charge in [-0.05, 0) is 31.4 Å². The molecule has 1 atom stereocenters. The Morgan fingerprint density at radius 3 is 2.23 bits per heavy atom. The molecule has 0 heterocycles. The van der Waals surface area contributed by atoms with Crippen molar-refractivity contribution >= 4 is 44.6 Å². The van der Waals surface area contributed by atoms with Gasteiger partial charge in [-0.15, -0.1) is 0 Å². The van der Waals surface area contributed by atoms with E-state index in [1.54, 1.807) is 0 Å². The molecule has 39 heavy (non-hydrogen) atoms. The highest BCUT2D eigenvalue weighted by atomic mass is 32.2. The van der Waals surface area contributed by atoms with Crippen molar-refractivity contribution in [1.29, 1.82) is 0 Å². The molecule has 2 rings (SSSR count). The number of nitro benzene ring substituents is 3. The van der Waals surface area contributed by atoms with Crippen molar-refractivity contribution in [1.82, 2.24) is 5.32 Å². The molecule has 17 nitrogen and oxygen atoms in total. The Hall–Kier alpha value is -4.87. The molecular weight excluding hydrogens is 546 g/mol. The van der Waals surface area contributed by atoms with Gasteiger partial charge in [0.05, 0.1) is 31.5 Å². The number of carboxylic acid groups (broad SMARTS) is 1. The van der Waals surface area contributed by atoms with Crippen LogP contribution in [-0.2, 0) is 19.4 Å². The van der Waals surface area contributed by atoms with E-state index in [1.165, 1.54) is 12.1 Å². The van der Waals surface area contributed by atoms with Crippen LogP contribution in [0.25, 0.3) is 0 Å². The Balaban J connectivity index is 1.81. The summed E-state index contributed by atoms with van der Waals surface area (Å²) in [5, 5.41) is 47.0. The van der Waals surface area contributed by atoms with Crippen LogP contribution in [0.1, 0.15) is 19.3 Å². The predicted molar refractivity (Wildman–Crippen MR) is 133 cm³/mol. The van der Waals surface area contributed by atoms with Gasteiger partial charge in [-0.1, -0.05) is 6.07 Å². The van der Waals surface area contributed by atoms with Crippen LogP contribution < -0.4 is 10.6 Å². The Morgan fingerprint density at radius 2 is 1.62 bits per heavy atom. The standard InChI is InChI=1S/C21H23N5O12S/c27-20(28)18(6-1-2-9-22-17-8-7-15(25(32)33)13-19(17)26(34)35)23-21(29)38-10-11-39(36,37)16-5-3-4-14(12-16)24(30)31/h3-5,7-8,12-13,18,22H,1-2,6,9-11H2,(H,23,29)(H,27,28)/t18-/m0/s1. The smallest absolute Gasteiger partial charge is 0.407 e. The lowest BCUT2D eigenvalue weighted by Crippen LogP contribution is -2.41. The summed E-state index contributed by atoms with van der Waals surface area (Å²) >= 11 is 0. The second-order valence-corrected chi connectivity index (χ2v) is 9.99. The molecule has 0 spiro atoms. The second kappa shape index (κ2) is 13.6. The van der Waals surface area contributed by atoms with Crippen molar-refractivity contribution in [2.45, 2.75) is 30.2 Å². The number of carboxylic acids is 1. The van der Waals surface area contributed by atoms with Crippen LogP contribution in [0, 0.1) is 30.3 Å². The molecule has 0 bridgehead atoms. The van der Waals surface area contributed by atoms with Gasteiger partial charge < -0.3 is 20.5 Å². The van der Waals surface area contributed by atoms with Crippen LogP contribution in [0.2, 0.25) is 0 Å². The normalized spacial score (nSPS) is 11.7. The fourth-order valence-electron chi connectivity index (χ4n) is 3.22. The first-order valence-corrected chi connectivity index (χ1v) is 12.8. The number of hydrogen-bond acceptors (Lipinski definition) is 12. The Labute approximate surface area is 220 Å². The van der Waals surface area contributed by atoms with Gasteiger partial charge in [-0.3, -0.25) is 30.3 Å². The van der Waals surface area contributed by atoms with Gasteiger partial charge in [-0.25, -0.2) is 18.0 Å². The number of carbonyl (C=O) groups excluding carboxylic acids is 1. The van der Waals surface area contributed by atoms with Crippen LogP contribution in [0.5, 0.6) is 0 Å². The maximum absolute atomic E-state index is 12.3. The lowest BCUT2D eigenvalue weighted by molar-refractivity contribution is -0.393. The molecule has 0 unspecified atom stereocenters. The highest BCUT2D eigenvalue weighted by Gasteiger charge is 2.23. The molecular formula is C21H23N5O12S. The molecule has 2 aromatic carbocycles. The number of benzene rings is 2. The van der Waals surface area contributed by atoms with Gasteiger partial charge in [-0.2, -0.15) is 0 Å². The fourth-order valence-corrected chi connectivity index (χ4v) is 4.35. The van der Waals surface area contributed by atoms with Crippen molar-refractivity contribution in [2.24, 2.45) is 0 Å². The monoisotopic (exact) mass is 569 g/mol. The van der Waals surface area contributed by atoms with Crippen molar-refractivity contribution in [3.63, 3.8) is 0 Å². The molecule has 210 valence electrons. The minimum absolute atomic E-state index is 0.0437. The van der Waals surface area contributed by atoms with Gasteiger partial charge in [0.25, 0.3) is 17.1 Å². The van der Waals surface area contributed by atoms with Crippen molar-refractivity contribution in [3.8, 4) is 0 Å². The third-order valence-electron chi connectivity index (χ3n) is 5.19. The highest BCUT2D eigenvalue weighted by molar-refractivity contribution is 7.91. The summed E-state index contributed by atoms with van der Waals surface area (Å²) in [6.45, 7) is -0.480. The number of non-ortho nitro benzene ring substituents is 2. The van der Waals surface area contributed by atoms with E-state index in [0.717, 1.165) is 30.3 Å². The van der Waals surface area contributed by atoms with Crippen LogP contribution in [-0.4, -0.2) is 65.3 Å². The first kappa shape index (κ1) is 30.4. The number of nitro groups is 3. The first-order chi connectivity index (χ1) is 18.3. The number of hydrogen-bond donors (Lipinski definition) is 3. The summed E-state index contributed by atoms with van der Waals surface area (Å²) in [6, 6.07) is 6.05. The predicted octanol–water partition coefficient (Wildman–Crippen LogP) is 2.65. The Bertz CT molecular complexity index is 1360. The number of alkyl carbamates (subject to hydrolysis) is 1. The van der Waals surface area contributed by atoms with Gasteiger partial charge in [0, 0.05) is 24.7 Å².